The number of halogens is 1. The minimum absolute atomic E-state index is 0.117. The van der Waals surface area contributed by atoms with Crippen molar-refractivity contribution in [3.8, 4) is 11.5 Å². The van der Waals surface area contributed by atoms with Crippen LogP contribution < -0.4 is 14.8 Å². The fourth-order valence-corrected chi connectivity index (χ4v) is 3.19. The highest BCUT2D eigenvalue weighted by Crippen LogP contribution is 2.26. The van der Waals surface area contributed by atoms with Gasteiger partial charge in [-0.2, -0.15) is 0 Å². The summed E-state index contributed by atoms with van der Waals surface area (Å²) in [5.74, 6) is 2.51. The van der Waals surface area contributed by atoms with E-state index in [0.717, 1.165) is 11.1 Å². The Labute approximate surface area is 190 Å². The quantitative estimate of drug-likeness (QED) is 0.349. The van der Waals surface area contributed by atoms with Gasteiger partial charge in [0.15, 0.2) is 5.82 Å². The summed E-state index contributed by atoms with van der Waals surface area (Å²) < 4.78 is 17.9. The number of ether oxygens (including phenoxy) is 3. The maximum absolute atomic E-state index is 6.05. The van der Waals surface area contributed by atoms with Crippen LogP contribution in [0.2, 0.25) is 0 Å². The zero-order chi connectivity index (χ0) is 22.1. The van der Waals surface area contributed by atoms with Crippen LogP contribution in [-0.2, 0) is 11.3 Å². The summed E-state index contributed by atoms with van der Waals surface area (Å²) in [4.78, 5) is 12.9. The highest BCUT2D eigenvalue weighted by Gasteiger charge is 2.12. The Hall–Kier alpha value is -2.97. The van der Waals surface area contributed by atoms with E-state index in [4.69, 9.17) is 14.2 Å². The van der Waals surface area contributed by atoms with Gasteiger partial charge in [-0.25, -0.2) is 4.98 Å². The van der Waals surface area contributed by atoms with Crippen molar-refractivity contribution in [2.75, 3.05) is 26.1 Å². The van der Waals surface area contributed by atoms with Gasteiger partial charge in [0.25, 0.3) is 0 Å². The predicted molar refractivity (Wildman–Crippen MR) is 125 cm³/mol. The maximum atomic E-state index is 6.05. The van der Waals surface area contributed by atoms with Crippen molar-refractivity contribution in [2.45, 2.75) is 19.6 Å². The van der Waals surface area contributed by atoms with Crippen molar-refractivity contribution < 1.29 is 14.2 Å². The molecule has 1 heterocycles. The summed E-state index contributed by atoms with van der Waals surface area (Å²) in [5, 5.41) is 3.20. The molecule has 1 N–H and O–H groups in total. The summed E-state index contributed by atoms with van der Waals surface area (Å²) in [5.41, 5.74) is 1.88. The number of rotatable bonds is 9. The summed E-state index contributed by atoms with van der Waals surface area (Å²) in [6, 6.07) is 15.7. The molecule has 0 radical (unpaired) electrons. The van der Waals surface area contributed by atoms with Gasteiger partial charge in [0.1, 0.15) is 34.6 Å². The van der Waals surface area contributed by atoms with Crippen LogP contribution in [0.25, 0.3) is 0 Å². The topological polar surface area (TPSA) is 77.9 Å². The number of aliphatic imine (C=N–C) groups is 1. The highest BCUT2D eigenvalue weighted by atomic mass is 79.9. The Morgan fingerprint density at radius 3 is 2.61 bits per heavy atom. The van der Waals surface area contributed by atoms with Crippen LogP contribution in [0.1, 0.15) is 18.1 Å². The molecule has 1 unspecified atom stereocenters. The van der Waals surface area contributed by atoms with Gasteiger partial charge in [-0.15, -0.1) is 0 Å². The lowest BCUT2D eigenvalue weighted by Crippen LogP contribution is -2.19. The lowest BCUT2D eigenvalue weighted by Gasteiger charge is -2.17. The van der Waals surface area contributed by atoms with Gasteiger partial charge in [0, 0.05) is 25.8 Å². The average molecular weight is 485 g/mol. The maximum Gasteiger partial charge on any atom is 0.151 e. The highest BCUT2D eigenvalue weighted by molar-refractivity contribution is 9.10. The Balaban J connectivity index is 1.87. The third kappa shape index (κ3) is 7.04. The second kappa shape index (κ2) is 11.4. The number of hydrogen-bond acceptors (Lipinski definition) is 6. The first-order valence-electron chi connectivity index (χ1n) is 9.76. The second-order valence-corrected chi connectivity index (χ2v) is 7.59. The molecule has 0 aliphatic rings. The zero-order valence-corrected chi connectivity index (χ0v) is 19.3. The van der Waals surface area contributed by atoms with Crippen LogP contribution in [0.5, 0.6) is 11.5 Å². The molecule has 3 rings (SSSR count). The number of nitrogens with zero attached hydrogens (tertiary/aromatic N) is 3. The van der Waals surface area contributed by atoms with E-state index in [1.165, 1.54) is 0 Å². The molecule has 0 aliphatic heterocycles. The van der Waals surface area contributed by atoms with E-state index in [9.17, 15) is 0 Å². The van der Waals surface area contributed by atoms with Crippen molar-refractivity contribution in [3.05, 3.63) is 76.7 Å². The minimum atomic E-state index is -0.117. The van der Waals surface area contributed by atoms with Gasteiger partial charge in [-0.3, -0.25) is 9.98 Å². The molecule has 0 saturated heterocycles. The van der Waals surface area contributed by atoms with Gasteiger partial charge >= 0.3 is 0 Å². The second-order valence-electron chi connectivity index (χ2n) is 6.78. The summed E-state index contributed by atoms with van der Waals surface area (Å²) in [6.45, 7) is 2.87. The van der Waals surface area contributed by atoms with Gasteiger partial charge in [-0.05, 0) is 40.5 Å². The molecule has 31 heavy (non-hydrogen) atoms. The molecular formula is C23H25BrN4O3. The van der Waals surface area contributed by atoms with E-state index in [2.05, 4.69) is 36.2 Å². The van der Waals surface area contributed by atoms with Crippen molar-refractivity contribution >= 4 is 27.6 Å². The van der Waals surface area contributed by atoms with Crippen LogP contribution in [-0.4, -0.2) is 42.7 Å². The first-order valence-corrected chi connectivity index (χ1v) is 10.6. The van der Waals surface area contributed by atoms with E-state index in [1.807, 2.05) is 55.5 Å². The third-order valence-corrected chi connectivity index (χ3v) is 4.60. The van der Waals surface area contributed by atoms with Crippen LogP contribution in [0, 0.1) is 0 Å². The van der Waals surface area contributed by atoms with Gasteiger partial charge < -0.3 is 19.5 Å². The number of hydrogen-bond donors (Lipinski definition) is 1. The van der Waals surface area contributed by atoms with Crippen LogP contribution in [0.15, 0.2) is 70.5 Å². The fourth-order valence-electron chi connectivity index (χ4n) is 2.88. The molecular weight excluding hydrogens is 460 g/mol. The molecule has 0 fully saturated rings. The molecule has 0 bridgehead atoms. The summed E-state index contributed by atoms with van der Waals surface area (Å²) in [6.07, 6.45) is 3.13. The molecule has 8 heteroatoms. The van der Waals surface area contributed by atoms with Gasteiger partial charge in [0.2, 0.25) is 0 Å². The number of anilines is 1. The van der Waals surface area contributed by atoms with E-state index in [0.29, 0.717) is 41.0 Å². The summed E-state index contributed by atoms with van der Waals surface area (Å²) >= 11 is 3.33. The van der Waals surface area contributed by atoms with Crippen molar-refractivity contribution in [2.24, 2.45) is 4.99 Å². The third-order valence-electron chi connectivity index (χ3n) is 4.22. The lowest BCUT2D eigenvalue weighted by atomic mass is 10.1. The Kier molecular flexibility index (Phi) is 8.37. The fraction of sp³-hybridized carbons (Fsp3) is 0.261. The van der Waals surface area contributed by atoms with Crippen molar-refractivity contribution in [3.63, 3.8) is 0 Å². The number of methoxy groups -OCH3 is 1. The molecule has 0 spiro atoms. The van der Waals surface area contributed by atoms with E-state index < -0.39 is 0 Å². The molecule has 7 nitrogen and oxygen atoms in total. The summed E-state index contributed by atoms with van der Waals surface area (Å²) in [7, 11) is 3.36. The van der Waals surface area contributed by atoms with Crippen LogP contribution in [0.4, 0.5) is 5.82 Å². The van der Waals surface area contributed by atoms with Gasteiger partial charge in [0.05, 0.1) is 19.0 Å². The number of aromatic nitrogens is 2. The average Bonchev–Trinajstić information content (AvgIpc) is 2.77. The molecule has 3 aromatic rings. The standard InChI is InChI=1S/C23H25BrN4O3/c1-16(14-29-3)31-20-10-18(23(25-2)28-22-13-26-12-21(24)27-22)9-19(11-20)30-15-17-7-5-4-6-8-17/h4-13,16H,14-15H2,1-3H3,(H,25,27,28). The van der Waals surface area contributed by atoms with Crippen molar-refractivity contribution in [1.29, 1.82) is 0 Å². The first kappa shape index (κ1) is 22.7. The minimum Gasteiger partial charge on any atom is -0.489 e. The van der Waals surface area contributed by atoms with E-state index in [1.54, 1.807) is 26.6 Å². The SMILES string of the molecule is CN=C(Nc1cncc(Br)n1)c1cc(OCc2ccccc2)cc(OC(C)COC)c1. The smallest absolute Gasteiger partial charge is 0.151 e. The number of nitrogens with one attached hydrogen (secondary N) is 1. The molecule has 1 atom stereocenters. The molecule has 0 aliphatic carbocycles. The van der Waals surface area contributed by atoms with Crippen LogP contribution in [0.3, 0.4) is 0 Å². The van der Waals surface area contributed by atoms with E-state index in [-0.39, 0.29) is 6.10 Å². The zero-order valence-electron chi connectivity index (χ0n) is 17.7. The largest absolute Gasteiger partial charge is 0.489 e. The molecule has 1 aromatic heterocycles. The first-order chi connectivity index (χ1) is 15.1. The molecule has 0 saturated carbocycles. The molecule has 0 amide bonds. The predicted octanol–water partition coefficient (Wildman–Crippen LogP) is 4.72. The number of amidine groups is 1. The molecule has 162 valence electrons. The molecule has 2 aromatic carbocycles. The Bertz CT molecular complexity index is 1010. The van der Waals surface area contributed by atoms with E-state index >= 15 is 0 Å². The van der Waals surface area contributed by atoms with Crippen molar-refractivity contribution in [1.82, 2.24) is 9.97 Å². The number of benzene rings is 2. The van der Waals surface area contributed by atoms with Gasteiger partial charge in [-0.1, -0.05) is 30.3 Å². The lowest BCUT2D eigenvalue weighted by molar-refractivity contribution is 0.0918. The van der Waals surface area contributed by atoms with Crippen LogP contribution >= 0.6 is 15.9 Å². The normalized spacial score (nSPS) is 12.3. The Morgan fingerprint density at radius 2 is 1.90 bits per heavy atom. The Morgan fingerprint density at radius 1 is 1.13 bits per heavy atom. The monoisotopic (exact) mass is 484 g/mol.